The molecular weight excluding hydrogens is 277 g/mol. The Morgan fingerprint density at radius 1 is 1.28 bits per heavy atom. The summed E-state index contributed by atoms with van der Waals surface area (Å²) >= 11 is 5.73. The summed E-state index contributed by atoms with van der Waals surface area (Å²) in [5, 5.41) is -0.0894. The van der Waals surface area contributed by atoms with Crippen molar-refractivity contribution in [2.45, 2.75) is 26.2 Å². The van der Waals surface area contributed by atoms with Gasteiger partial charge in [0.15, 0.2) is 0 Å². The van der Waals surface area contributed by atoms with Crippen LogP contribution in [0.4, 0.5) is 10.1 Å². The molecule has 0 spiro atoms. The maximum atomic E-state index is 13.5. The van der Waals surface area contributed by atoms with Gasteiger partial charge in [-0.15, -0.1) is 0 Å². The molecule has 1 rings (SSSR count). The summed E-state index contributed by atoms with van der Waals surface area (Å²) in [6.07, 6.45) is 1.09. The van der Waals surface area contributed by atoms with Crippen molar-refractivity contribution in [3.05, 3.63) is 28.5 Å². The largest absolute Gasteiger partial charge is 0.273 e. The fourth-order valence-electron chi connectivity index (χ4n) is 1.58. The predicted octanol–water partition coefficient (Wildman–Crippen LogP) is 3.17. The molecule has 6 heteroatoms. The smallest absolute Gasteiger partial charge is 0.232 e. The maximum absolute atomic E-state index is 13.5. The van der Waals surface area contributed by atoms with Gasteiger partial charge in [0.2, 0.25) is 10.0 Å². The van der Waals surface area contributed by atoms with Crippen LogP contribution in [0.1, 0.15) is 26.3 Å². The molecule has 0 radical (unpaired) electrons. The molecule has 3 nitrogen and oxygen atoms in total. The highest BCUT2D eigenvalue weighted by atomic mass is 35.5. The normalized spacial score (nSPS) is 12.6. The molecule has 0 fully saturated rings. The van der Waals surface area contributed by atoms with Gasteiger partial charge in [-0.3, -0.25) is 4.31 Å². The van der Waals surface area contributed by atoms with Crippen LogP contribution < -0.4 is 4.31 Å². The van der Waals surface area contributed by atoms with Gasteiger partial charge in [0.05, 0.1) is 17.0 Å². The van der Waals surface area contributed by atoms with E-state index in [1.165, 1.54) is 19.2 Å². The van der Waals surface area contributed by atoms with Crippen LogP contribution in [0.15, 0.2) is 12.1 Å². The number of nitrogens with zero attached hydrogens (tertiary/aromatic N) is 1. The summed E-state index contributed by atoms with van der Waals surface area (Å²) in [5.41, 5.74) is 0.605. The quantitative estimate of drug-likeness (QED) is 0.840. The monoisotopic (exact) mass is 293 g/mol. The van der Waals surface area contributed by atoms with E-state index in [1.807, 2.05) is 20.8 Å². The Morgan fingerprint density at radius 2 is 1.78 bits per heavy atom. The van der Waals surface area contributed by atoms with Gasteiger partial charge >= 0.3 is 0 Å². The van der Waals surface area contributed by atoms with Crippen LogP contribution in [0.3, 0.4) is 0 Å². The molecule has 102 valence electrons. The van der Waals surface area contributed by atoms with E-state index in [0.717, 1.165) is 10.6 Å². The molecule has 0 heterocycles. The zero-order valence-electron chi connectivity index (χ0n) is 11.1. The number of hydrogen-bond donors (Lipinski definition) is 0. The van der Waals surface area contributed by atoms with Gasteiger partial charge < -0.3 is 0 Å². The summed E-state index contributed by atoms with van der Waals surface area (Å²) in [6.45, 7) is 5.65. The Labute approximate surface area is 113 Å². The van der Waals surface area contributed by atoms with Crippen molar-refractivity contribution in [2.24, 2.45) is 0 Å². The molecule has 0 amide bonds. The second-order valence-corrected chi connectivity index (χ2v) is 7.68. The van der Waals surface area contributed by atoms with Crippen LogP contribution in [0.2, 0.25) is 5.02 Å². The average molecular weight is 294 g/mol. The van der Waals surface area contributed by atoms with Gasteiger partial charge in [0, 0.05) is 7.05 Å². The number of halogens is 2. The second kappa shape index (κ2) is 4.70. The van der Waals surface area contributed by atoms with E-state index in [4.69, 9.17) is 11.6 Å². The van der Waals surface area contributed by atoms with Crippen molar-refractivity contribution >= 4 is 27.3 Å². The molecule has 0 aromatic heterocycles. The fourth-order valence-corrected chi connectivity index (χ4v) is 2.24. The summed E-state index contributed by atoms with van der Waals surface area (Å²) < 4.78 is 37.9. The number of rotatable bonds is 2. The third-order valence-corrected chi connectivity index (χ3v) is 4.16. The molecule has 0 aliphatic heterocycles. The minimum atomic E-state index is -3.42. The van der Waals surface area contributed by atoms with E-state index in [-0.39, 0.29) is 10.4 Å². The summed E-state index contributed by atoms with van der Waals surface area (Å²) in [5.74, 6) is -0.549. The van der Waals surface area contributed by atoms with Crippen LogP contribution in [-0.4, -0.2) is 21.7 Å². The van der Waals surface area contributed by atoms with E-state index in [2.05, 4.69) is 0 Å². The third kappa shape index (κ3) is 3.14. The number of benzene rings is 1. The molecule has 0 aliphatic rings. The van der Waals surface area contributed by atoms with Gasteiger partial charge in [0.1, 0.15) is 5.82 Å². The molecule has 1 aromatic carbocycles. The first kappa shape index (κ1) is 15.2. The minimum Gasteiger partial charge on any atom is -0.273 e. The van der Waals surface area contributed by atoms with E-state index < -0.39 is 15.8 Å². The molecule has 0 aliphatic carbocycles. The molecule has 0 saturated carbocycles. The van der Waals surface area contributed by atoms with Crippen LogP contribution in [0.5, 0.6) is 0 Å². The van der Waals surface area contributed by atoms with Crippen molar-refractivity contribution in [1.82, 2.24) is 0 Å². The SMILES string of the molecule is CN(c1cc(Cl)c(F)cc1C(C)(C)C)S(C)(=O)=O. The molecule has 0 atom stereocenters. The van der Waals surface area contributed by atoms with Gasteiger partial charge in [-0.25, -0.2) is 12.8 Å². The average Bonchev–Trinajstić information content (AvgIpc) is 2.17. The summed E-state index contributed by atoms with van der Waals surface area (Å²) in [6, 6.07) is 2.64. The van der Waals surface area contributed by atoms with Crippen molar-refractivity contribution < 1.29 is 12.8 Å². The lowest BCUT2D eigenvalue weighted by Gasteiger charge is -2.28. The van der Waals surface area contributed by atoms with Gasteiger partial charge in [-0.05, 0) is 23.1 Å². The van der Waals surface area contributed by atoms with Crippen LogP contribution in [-0.2, 0) is 15.4 Å². The Hall–Kier alpha value is -0.810. The summed E-state index contributed by atoms with van der Waals surface area (Å²) in [7, 11) is -1.99. The van der Waals surface area contributed by atoms with Crippen LogP contribution in [0.25, 0.3) is 0 Å². The molecule has 0 unspecified atom stereocenters. The number of hydrogen-bond acceptors (Lipinski definition) is 2. The van der Waals surface area contributed by atoms with Gasteiger partial charge in [-0.1, -0.05) is 32.4 Å². The Bertz CT molecular complexity index is 564. The fraction of sp³-hybridized carbons (Fsp3) is 0.500. The Balaban J connectivity index is 3.57. The maximum Gasteiger partial charge on any atom is 0.232 e. The van der Waals surface area contributed by atoms with E-state index in [9.17, 15) is 12.8 Å². The lowest BCUT2D eigenvalue weighted by molar-refractivity contribution is 0.571. The Morgan fingerprint density at radius 3 is 2.17 bits per heavy atom. The standard InChI is InChI=1S/C12H17ClFNO2S/c1-12(2,3)8-6-10(14)9(13)7-11(8)15(4)18(5,16)17/h6-7H,1-5H3. The van der Waals surface area contributed by atoms with Crippen molar-refractivity contribution in [3.63, 3.8) is 0 Å². The molecule has 0 bridgehead atoms. The number of anilines is 1. The highest BCUT2D eigenvalue weighted by Gasteiger charge is 2.25. The number of sulfonamides is 1. The van der Waals surface area contributed by atoms with Crippen LogP contribution >= 0.6 is 11.6 Å². The lowest BCUT2D eigenvalue weighted by atomic mass is 9.85. The van der Waals surface area contributed by atoms with Crippen LogP contribution in [0, 0.1) is 5.82 Å². The molecule has 0 N–H and O–H groups in total. The first-order valence-corrected chi connectivity index (χ1v) is 7.60. The van der Waals surface area contributed by atoms with E-state index >= 15 is 0 Å². The van der Waals surface area contributed by atoms with Crippen molar-refractivity contribution in [3.8, 4) is 0 Å². The molecule has 0 saturated heterocycles. The van der Waals surface area contributed by atoms with Gasteiger partial charge in [-0.2, -0.15) is 0 Å². The minimum absolute atomic E-state index is 0.0894. The van der Waals surface area contributed by atoms with E-state index in [0.29, 0.717) is 11.3 Å². The first-order chi connectivity index (χ1) is 7.94. The first-order valence-electron chi connectivity index (χ1n) is 5.38. The highest BCUT2D eigenvalue weighted by Crippen LogP contribution is 2.35. The lowest BCUT2D eigenvalue weighted by Crippen LogP contribution is -2.28. The zero-order chi connectivity index (χ0) is 14.3. The highest BCUT2D eigenvalue weighted by molar-refractivity contribution is 7.92. The second-order valence-electron chi connectivity index (χ2n) is 5.26. The third-order valence-electron chi connectivity index (χ3n) is 2.68. The molecular formula is C12H17ClFNO2S. The van der Waals surface area contributed by atoms with Gasteiger partial charge in [0.25, 0.3) is 0 Å². The summed E-state index contributed by atoms with van der Waals surface area (Å²) in [4.78, 5) is 0. The van der Waals surface area contributed by atoms with E-state index in [1.54, 1.807) is 0 Å². The topological polar surface area (TPSA) is 37.4 Å². The molecule has 18 heavy (non-hydrogen) atoms. The van der Waals surface area contributed by atoms with Crippen molar-refractivity contribution in [2.75, 3.05) is 17.6 Å². The zero-order valence-corrected chi connectivity index (χ0v) is 12.7. The van der Waals surface area contributed by atoms with Crippen molar-refractivity contribution in [1.29, 1.82) is 0 Å². The predicted molar refractivity (Wildman–Crippen MR) is 73.4 cm³/mol. The molecule has 1 aromatic rings. The Kier molecular flexibility index (Phi) is 3.98.